The van der Waals surface area contributed by atoms with Gasteiger partial charge >= 0.3 is 11.9 Å². The van der Waals surface area contributed by atoms with E-state index in [-0.39, 0.29) is 13.1 Å². The van der Waals surface area contributed by atoms with Crippen LogP contribution in [0.1, 0.15) is 6.92 Å². The van der Waals surface area contributed by atoms with Gasteiger partial charge < -0.3 is 10.2 Å². The smallest absolute Gasteiger partial charge is 0.324 e. The second kappa shape index (κ2) is 7.37. The summed E-state index contributed by atoms with van der Waals surface area (Å²) in [6.45, 7) is 1.50. The molecule has 0 spiro atoms. The maximum Gasteiger partial charge on any atom is 0.324 e. The summed E-state index contributed by atoms with van der Waals surface area (Å²) < 4.78 is 0. The van der Waals surface area contributed by atoms with E-state index in [0.717, 1.165) is 21.8 Å². The molecule has 0 atom stereocenters. The highest BCUT2D eigenvalue weighted by Crippen LogP contribution is 2.34. The minimum atomic E-state index is -1.04. The largest absolute Gasteiger partial charge is 0.480 e. The van der Waals surface area contributed by atoms with Gasteiger partial charge in [0.05, 0.1) is 16.7 Å². The molecule has 3 rings (SSSR count). The van der Waals surface area contributed by atoms with Crippen molar-refractivity contribution in [3.8, 4) is 0 Å². The van der Waals surface area contributed by atoms with E-state index in [1.54, 1.807) is 6.92 Å². The van der Waals surface area contributed by atoms with Crippen LogP contribution in [-0.4, -0.2) is 51.8 Å². The highest BCUT2D eigenvalue weighted by molar-refractivity contribution is 6.08. The van der Waals surface area contributed by atoms with Crippen LogP contribution in [0.4, 0.5) is 5.69 Å². The van der Waals surface area contributed by atoms with E-state index in [2.05, 4.69) is 4.98 Å². The van der Waals surface area contributed by atoms with Crippen LogP contribution in [0.25, 0.3) is 21.8 Å². The third-order valence-corrected chi connectivity index (χ3v) is 4.13. The van der Waals surface area contributed by atoms with Gasteiger partial charge in [0.15, 0.2) is 0 Å². The highest BCUT2D eigenvalue weighted by Gasteiger charge is 2.24. The van der Waals surface area contributed by atoms with Crippen LogP contribution in [0.3, 0.4) is 0 Å². The average molecular weight is 353 g/mol. The van der Waals surface area contributed by atoms with Gasteiger partial charge in [-0.2, -0.15) is 0 Å². The van der Waals surface area contributed by atoms with Crippen molar-refractivity contribution < 1.29 is 19.8 Å². The van der Waals surface area contributed by atoms with Crippen molar-refractivity contribution in [2.75, 3.05) is 24.6 Å². The van der Waals surface area contributed by atoms with E-state index in [1.807, 2.05) is 48.5 Å². The zero-order valence-corrected chi connectivity index (χ0v) is 14.3. The van der Waals surface area contributed by atoms with Gasteiger partial charge in [-0.1, -0.05) is 43.3 Å². The lowest BCUT2D eigenvalue weighted by Gasteiger charge is -2.35. The molecule has 134 valence electrons. The number of para-hydroxylation sites is 2. The van der Waals surface area contributed by atoms with E-state index < -0.39 is 11.9 Å². The molecule has 0 bridgehead atoms. The highest BCUT2D eigenvalue weighted by atomic mass is 16.4. The molecule has 0 fully saturated rings. The Labute approximate surface area is 150 Å². The Hall–Kier alpha value is -3.19. The van der Waals surface area contributed by atoms with Crippen LogP contribution in [0.2, 0.25) is 0 Å². The molecule has 1 heterocycles. The number of carboxylic acid groups (broad SMARTS) is 2. The number of aliphatic carboxylic acids is 2. The number of benzene rings is 2. The summed E-state index contributed by atoms with van der Waals surface area (Å²) in [6.07, 6.45) is 0. The molecule has 26 heavy (non-hydrogen) atoms. The number of fused-ring (bicyclic) bond motifs is 2. The van der Waals surface area contributed by atoms with Crippen LogP contribution < -0.4 is 5.01 Å². The van der Waals surface area contributed by atoms with Gasteiger partial charge in [0.1, 0.15) is 13.1 Å². The van der Waals surface area contributed by atoms with Gasteiger partial charge in [0.25, 0.3) is 0 Å². The predicted octanol–water partition coefficient (Wildman–Crippen LogP) is 2.60. The molecule has 0 aliphatic rings. The Morgan fingerprint density at radius 1 is 0.885 bits per heavy atom. The second-order valence-corrected chi connectivity index (χ2v) is 5.82. The van der Waals surface area contributed by atoms with Crippen LogP contribution >= 0.6 is 0 Å². The van der Waals surface area contributed by atoms with E-state index >= 15 is 0 Å². The molecule has 0 saturated carbocycles. The molecule has 1 aromatic heterocycles. The lowest BCUT2D eigenvalue weighted by Crippen LogP contribution is -2.48. The zero-order valence-electron chi connectivity index (χ0n) is 14.3. The first-order chi connectivity index (χ1) is 12.5. The Morgan fingerprint density at radius 3 is 1.85 bits per heavy atom. The topological polar surface area (TPSA) is 94.0 Å². The number of likely N-dealkylation sites (N-methyl/N-ethyl adjacent to an activating group) is 1. The van der Waals surface area contributed by atoms with Crippen molar-refractivity contribution in [1.29, 1.82) is 0 Å². The number of nitrogens with zero attached hydrogens (tertiary/aromatic N) is 3. The van der Waals surface area contributed by atoms with Gasteiger partial charge in [0.2, 0.25) is 0 Å². The Kier molecular flexibility index (Phi) is 4.99. The Balaban J connectivity index is 2.31. The number of hydrogen-bond donors (Lipinski definition) is 2. The fourth-order valence-electron chi connectivity index (χ4n) is 3.07. The third-order valence-electron chi connectivity index (χ3n) is 4.13. The lowest BCUT2D eigenvalue weighted by atomic mass is 10.1. The summed E-state index contributed by atoms with van der Waals surface area (Å²) in [4.78, 5) is 27.5. The van der Waals surface area contributed by atoms with Crippen molar-refractivity contribution in [1.82, 2.24) is 9.99 Å². The molecule has 2 N–H and O–H groups in total. The van der Waals surface area contributed by atoms with Gasteiger partial charge in [-0.3, -0.25) is 14.6 Å². The first-order valence-electron chi connectivity index (χ1n) is 8.24. The number of aromatic nitrogens is 1. The maximum absolute atomic E-state index is 11.5. The van der Waals surface area contributed by atoms with Crippen molar-refractivity contribution in [2.45, 2.75) is 6.92 Å². The number of rotatable bonds is 7. The second-order valence-electron chi connectivity index (χ2n) is 5.82. The summed E-state index contributed by atoms with van der Waals surface area (Å²) in [7, 11) is 0. The molecule has 0 saturated heterocycles. The van der Waals surface area contributed by atoms with Crippen LogP contribution in [0, 0.1) is 0 Å². The fourth-order valence-corrected chi connectivity index (χ4v) is 3.07. The molecule has 0 amide bonds. The first kappa shape index (κ1) is 17.6. The van der Waals surface area contributed by atoms with E-state index in [1.165, 1.54) is 10.0 Å². The lowest BCUT2D eigenvalue weighted by molar-refractivity contribution is -0.140. The van der Waals surface area contributed by atoms with E-state index in [0.29, 0.717) is 12.2 Å². The average Bonchev–Trinajstić information content (AvgIpc) is 2.62. The number of carbonyl (C=O) groups is 2. The molecule has 0 radical (unpaired) electrons. The molecular weight excluding hydrogens is 334 g/mol. The normalized spacial score (nSPS) is 11.2. The van der Waals surface area contributed by atoms with Crippen LogP contribution in [-0.2, 0) is 9.59 Å². The van der Waals surface area contributed by atoms with Crippen molar-refractivity contribution in [2.24, 2.45) is 0 Å². The number of anilines is 1. The van der Waals surface area contributed by atoms with Gasteiger partial charge in [0, 0.05) is 17.3 Å². The van der Waals surface area contributed by atoms with Crippen molar-refractivity contribution in [3.63, 3.8) is 0 Å². The molecule has 0 unspecified atom stereocenters. The molecule has 3 aromatic rings. The minimum absolute atomic E-state index is 0.297. The summed E-state index contributed by atoms with van der Waals surface area (Å²) in [5.74, 6) is -2.07. The Morgan fingerprint density at radius 2 is 1.38 bits per heavy atom. The maximum atomic E-state index is 11.5. The first-order valence-corrected chi connectivity index (χ1v) is 8.24. The summed E-state index contributed by atoms with van der Waals surface area (Å²) in [5, 5.41) is 23.3. The van der Waals surface area contributed by atoms with E-state index in [9.17, 15) is 19.8 Å². The number of hydrogen-bond acceptors (Lipinski definition) is 5. The van der Waals surface area contributed by atoms with Crippen molar-refractivity contribution >= 4 is 39.4 Å². The third kappa shape index (κ3) is 3.43. The number of pyridine rings is 1. The number of carboxylic acids is 2. The van der Waals surface area contributed by atoms with E-state index in [4.69, 9.17) is 0 Å². The molecule has 0 aliphatic heterocycles. The SMILES string of the molecule is CCN(CC(=O)O)N(CC(=O)O)c1c2ccccc2nc2ccccc12. The van der Waals surface area contributed by atoms with Gasteiger partial charge in [-0.05, 0) is 12.1 Å². The predicted molar refractivity (Wildman–Crippen MR) is 99.1 cm³/mol. The van der Waals surface area contributed by atoms with Gasteiger partial charge in [-0.15, -0.1) is 0 Å². The van der Waals surface area contributed by atoms with Crippen LogP contribution in [0.15, 0.2) is 48.5 Å². The zero-order chi connectivity index (χ0) is 18.7. The molecular formula is C19H19N3O4. The van der Waals surface area contributed by atoms with Crippen molar-refractivity contribution in [3.05, 3.63) is 48.5 Å². The summed E-state index contributed by atoms with van der Waals surface area (Å²) >= 11 is 0. The minimum Gasteiger partial charge on any atom is -0.480 e. The molecule has 7 nitrogen and oxygen atoms in total. The fraction of sp³-hybridized carbons (Fsp3) is 0.211. The summed E-state index contributed by atoms with van der Waals surface area (Å²) in [5.41, 5.74) is 2.10. The summed E-state index contributed by atoms with van der Waals surface area (Å²) in [6, 6.07) is 14.9. The quantitative estimate of drug-likeness (QED) is 0.498. The van der Waals surface area contributed by atoms with Crippen LogP contribution in [0.5, 0.6) is 0 Å². The molecule has 0 aliphatic carbocycles. The molecule has 2 aromatic carbocycles. The standard InChI is InChI=1S/C19H19N3O4/c1-2-21(11-17(23)24)22(12-18(25)26)19-13-7-3-5-9-15(13)20-16-10-6-4-8-14(16)19/h3-10H,2,11-12H2,1H3,(H,23,24)(H,25,26). The monoisotopic (exact) mass is 353 g/mol. The molecule has 7 heteroatoms. The Bertz CT molecular complexity index is 919. The number of hydrazine groups is 1. The van der Waals surface area contributed by atoms with Gasteiger partial charge in [-0.25, -0.2) is 9.99 Å².